The van der Waals surface area contributed by atoms with Gasteiger partial charge in [-0.1, -0.05) is 6.07 Å². The number of thiocarbonyl (C=S) groups is 1. The molecule has 2 aromatic rings. The first-order valence-corrected chi connectivity index (χ1v) is 14.2. The number of carboxylic acids is 1. The van der Waals surface area contributed by atoms with Gasteiger partial charge in [-0.2, -0.15) is 0 Å². The lowest BCUT2D eigenvalue weighted by molar-refractivity contribution is -0.121. The average Bonchev–Trinajstić information content (AvgIpc) is 2.99. The van der Waals surface area contributed by atoms with Gasteiger partial charge in [-0.05, 0) is 67.0 Å². The fraction of sp³-hybridized carbons (Fsp3) is 0.200. The van der Waals surface area contributed by atoms with Crippen molar-refractivity contribution in [2.45, 2.75) is 18.9 Å². The molecule has 1 atom stereocenters. The van der Waals surface area contributed by atoms with Crippen molar-refractivity contribution in [1.29, 1.82) is 0 Å². The van der Waals surface area contributed by atoms with Crippen LogP contribution < -0.4 is 38.6 Å². The molecule has 2 aliphatic rings. The lowest BCUT2D eigenvalue weighted by atomic mass is 9.90. The summed E-state index contributed by atoms with van der Waals surface area (Å²) in [5.41, 5.74) is 17.2. The summed E-state index contributed by atoms with van der Waals surface area (Å²) in [6, 6.07) is 12.6. The second-order valence-electron chi connectivity index (χ2n) is 10.0. The fourth-order valence-electron chi connectivity index (χ4n) is 4.71. The predicted molar refractivity (Wildman–Crippen MR) is 175 cm³/mol. The zero-order valence-electron chi connectivity index (χ0n) is 24.2. The van der Waals surface area contributed by atoms with Crippen LogP contribution in [0.4, 0.5) is 10.5 Å². The van der Waals surface area contributed by atoms with Crippen molar-refractivity contribution >= 4 is 57.9 Å². The molecule has 0 aromatic heterocycles. The number of carbonyl (C=O) groups is 3. The Labute approximate surface area is 266 Å². The number of hydrogen-bond acceptors (Lipinski definition) is 9. The molecule has 1 aliphatic heterocycles. The van der Waals surface area contributed by atoms with Crippen LogP contribution >= 0.6 is 12.2 Å². The number of benzene rings is 3. The Morgan fingerprint density at radius 2 is 1.78 bits per heavy atom. The number of amides is 2. The Bertz CT molecular complexity index is 1850. The van der Waals surface area contributed by atoms with Gasteiger partial charge in [0.15, 0.2) is 16.5 Å². The minimum absolute atomic E-state index is 0.0322. The maximum atomic E-state index is 12.6. The fourth-order valence-corrected chi connectivity index (χ4v) is 4.90. The van der Waals surface area contributed by atoms with E-state index in [-0.39, 0.29) is 52.3 Å². The Morgan fingerprint density at radius 1 is 1.02 bits per heavy atom. The topological polar surface area (TPSA) is 258 Å². The molecule has 2 aromatic carbocycles. The van der Waals surface area contributed by atoms with Gasteiger partial charge in [-0.3, -0.25) is 14.6 Å². The SMILES string of the molecule is NC(=O)OC[C@H](CCCN=C(N)N)NC(=O)CNC(=S)Nc1ccc(-c2c3ccc(=O)cc-3oc3cc(O)ccc23)c(C(=O)O)c1. The standard InChI is InChI=1S/C30H31N7O8S/c31-28(32)34-9-1-2-16(14-44-29(33)43)36-25(40)13-35-30(46)37-15-3-6-19(22(10-15)27(41)42)26-20-7-4-17(38)11-23(20)45-24-12-18(39)5-8-21(24)26/h3-8,10-12,16,38H,1-2,9,13-14H2,(H2,33,43)(H,36,40)(H,41,42)(H4,31,32,34)(H2,35,37,46)/t16-/m0/s1. The Balaban J connectivity index is 1.49. The molecular weight excluding hydrogens is 618 g/mol. The van der Waals surface area contributed by atoms with Crippen LogP contribution in [0.2, 0.25) is 0 Å². The van der Waals surface area contributed by atoms with Crippen molar-refractivity contribution in [3.05, 3.63) is 70.4 Å². The molecule has 0 unspecified atom stereocenters. The highest BCUT2D eigenvalue weighted by Crippen LogP contribution is 2.42. The van der Waals surface area contributed by atoms with E-state index in [0.29, 0.717) is 47.2 Å². The number of aromatic carboxylic acids is 1. The van der Waals surface area contributed by atoms with Gasteiger partial charge in [0.1, 0.15) is 23.7 Å². The van der Waals surface area contributed by atoms with Crippen molar-refractivity contribution in [2.75, 3.05) is 25.0 Å². The first-order chi connectivity index (χ1) is 21.9. The van der Waals surface area contributed by atoms with Gasteiger partial charge in [0, 0.05) is 40.9 Å². The molecule has 0 fully saturated rings. The average molecular weight is 650 g/mol. The third-order valence-electron chi connectivity index (χ3n) is 6.66. The molecular formula is C30H31N7O8S. The smallest absolute Gasteiger partial charge is 0.404 e. The highest BCUT2D eigenvalue weighted by molar-refractivity contribution is 7.80. The normalized spacial score (nSPS) is 11.4. The number of carboxylic acid groups (broad SMARTS) is 1. The van der Waals surface area contributed by atoms with Crippen LogP contribution in [0.25, 0.3) is 33.4 Å². The number of nitrogens with one attached hydrogen (secondary N) is 3. The Hall–Kier alpha value is -5.90. The molecule has 11 N–H and O–H groups in total. The van der Waals surface area contributed by atoms with Gasteiger partial charge in [0.25, 0.3) is 0 Å². The summed E-state index contributed by atoms with van der Waals surface area (Å²) in [7, 11) is 0. The number of carbonyl (C=O) groups excluding carboxylic acids is 2. The maximum Gasteiger partial charge on any atom is 0.404 e. The van der Waals surface area contributed by atoms with Crippen LogP contribution in [0.5, 0.6) is 5.75 Å². The number of primary amides is 1. The molecule has 0 saturated heterocycles. The minimum atomic E-state index is -1.23. The zero-order chi connectivity index (χ0) is 33.4. The van der Waals surface area contributed by atoms with E-state index in [1.807, 2.05) is 0 Å². The summed E-state index contributed by atoms with van der Waals surface area (Å²) in [5, 5.41) is 29.0. The predicted octanol–water partition coefficient (Wildman–Crippen LogP) is 1.89. The highest BCUT2D eigenvalue weighted by atomic mass is 32.1. The van der Waals surface area contributed by atoms with Gasteiger partial charge in [-0.15, -0.1) is 0 Å². The molecule has 0 radical (unpaired) electrons. The monoisotopic (exact) mass is 649 g/mol. The number of aromatic hydroxyl groups is 1. The Morgan fingerprint density at radius 3 is 2.50 bits per heavy atom. The molecule has 15 nitrogen and oxygen atoms in total. The van der Waals surface area contributed by atoms with Crippen molar-refractivity contribution in [3.63, 3.8) is 0 Å². The summed E-state index contributed by atoms with van der Waals surface area (Å²) in [6.45, 7) is -0.0999. The van der Waals surface area contributed by atoms with E-state index in [0.717, 1.165) is 0 Å². The first-order valence-electron chi connectivity index (χ1n) is 13.8. The van der Waals surface area contributed by atoms with Crippen LogP contribution in [0.15, 0.2) is 68.8 Å². The largest absolute Gasteiger partial charge is 0.508 e. The van der Waals surface area contributed by atoms with Crippen molar-refractivity contribution < 1.29 is 33.8 Å². The van der Waals surface area contributed by atoms with Gasteiger partial charge in [0.2, 0.25) is 5.91 Å². The molecule has 240 valence electrons. The number of phenols is 1. The quantitative estimate of drug-likeness (QED) is 0.0359. The second-order valence-corrected chi connectivity index (χ2v) is 10.4. The number of anilines is 1. The summed E-state index contributed by atoms with van der Waals surface area (Å²) >= 11 is 5.31. The number of ether oxygens (including phenoxy) is 1. The molecule has 0 saturated carbocycles. The van der Waals surface area contributed by atoms with Gasteiger partial charge in [-0.25, -0.2) is 9.59 Å². The number of rotatable bonds is 12. The van der Waals surface area contributed by atoms with E-state index in [1.165, 1.54) is 30.3 Å². The molecule has 0 bridgehead atoms. The van der Waals surface area contributed by atoms with E-state index in [2.05, 4.69) is 20.9 Å². The van der Waals surface area contributed by atoms with Gasteiger partial charge >= 0.3 is 12.1 Å². The van der Waals surface area contributed by atoms with Gasteiger partial charge in [0.05, 0.1) is 18.2 Å². The second kappa shape index (κ2) is 14.7. The van der Waals surface area contributed by atoms with Crippen molar-refractivity contribution in [3.8, 4) is 28.2 Å². The molecule has 16 heteroatoms. The van der Waals surface area contributed by atoms with E-state index in [1.54, 1.807) is 24.3 Å². The lowest BCUT2D eigenvalue weighted by Crippen LogP contribution is -2.45. The number of hydrogen-bond donors (Lipinski definition) is 8. The van der Waals surface area contributed by atoms with Crippen LogP contribution in [-0.2, 0) is 9.53 Å². The first kappa shape index (κ1) is 33.0. The summed E-state index contributed by atoms with van der Waals surface area (Å²) in [4.78, 5) is 52.0. The summed E-state index contributed by atoms with van der Waals surface area (Å²) in [6.07, 6.45) is -0.105. The molecule has 0 spiro atoms. The zero-order valence-corrected chi connectivity index (χ0v) is 25.1. The highest BCUT2D eigenvalue weighted by Gasteiger charge is 2.22. The van der Waals surface area contributed by atoms with Crippen LogP contribution in [0, 0.1) is 0 Å². The third kappa shape index (κ3) is 8.60. The van der Waals surface area contributed by atoms with E-state index in [9.17, 15) is 29.4 Å². The summed E-state index contributed by atoms with van der Waals surface area (Å²) in [5.74, 6) is -1.61. The van der Waals surface area contributed by atoms with Crippen molar-refractivity contribution in [2.24, 2.45) is 22.2 Å². The number of nitrogens with two attached hydrogens (primary N) is 3. The number of fused-ring (bicyclic) bond motifs is 2. The minimum Gasteiger partial charge on any atom is -0.508 e. The van der Waals surface area contributed by atoms with E-state index in [4.69, 9.17) is 38.6 Å². The van der Waals surface area contributed by atoms with Crippen molar-refractivity contribution in [1.82, 2.24) is 10.6 Å². The van der Waals surface area contributed by atoms with E-state index >= 15 is 0 Å². The number of guanidine groups is 1. The Kier molecular flexibility index (Phi) is 10.6. The van der Waals surface area contributed by atoms with E-state index < -0.39 is 24.0 Å². The third-order valence-corrected chi connectivity index (χ3v) is 6.91. The summed E-state index contributed by atoms with van der Waals surface area (Å²) < 4.78 is 10.7. The molecule has 4 rings (SSSR count). The number of phenolic OH excluding ortho intramolecular Hbond substituents is 1. The molecule has 1 aliphatic carbocycles. The maximum absolute atomic E-state index is 12.6. The molecule has 1 heterocycles. The molecule has 46 heavy (non-hydrogen) atoms. The molecule has 2 amide bonds. The number of nitrogens with zero attached hydrogens (tertiary/aromatic N) is 1. The number of aliphatic imine (C=N–C) groups is 1. The lowest BCUT2D eigenvalue weighted by Gasteiger charge is -2.19. The van der Waals surface area contributed by atoms with Crippen LogP contribution in [0.3, 0.4) is 0 Å². The van der Waals surface area contributed by atoms with Gasteiger partial charge < -0.3 is 52.5 Å². The van der Waals surface area contributed by atoms with Crippen LogP contribution in [-0.4, -0.2) is 65.0 Å². The van der Waals surface area contributed by atoms with Crippen LogP contribution in [0.1, 0.15) is 23.2 Å².